The van der Waals surface area contributed by atoms with Crippen LogP contribution in [0, 0.1) is 29.1 Å². The van der Waals surface area contributed by atoms with Gasteiger partial charge in [0.2, 0.25) is 5.82 Å². The van der Waals surface area contributed by atoms with Crippen LogP contribution in [0.4, 0.5) is 22.0 Å². The highest BCUT2D eigenvalue weighted by atomic mass is 19.2. The maximum atomic E-state index is 13.5. The third-order valence-corrected chi connectivity index (χ3v) is 3.40. The summed E-state index contributed by atoms with van der Waals surface area (Å²) in [6.45, 7) is 1.38. The quantitative estimate of drug-likeness (QED) is 0.529. The van der Waals surface area contributed by atoms with E-state index >= 15 is 0 Å². The Morgan fingerprint density at radius 1 is 1.05 bits per heavy atom. The van der Waals surface area contributed by atoms with E-state index in [1.807, 2.05) is 0 Å². The van der Waals surface area contributed by atoms with Crippen molar-refractivity contribution in [3.8, 4) is 0 Å². The molecule has 1 aromatic carbocycles. The normalized spacial score (nSPS) is 16.8. The number of halogens is 5. The van der Waals surface area contributed by atoms with E-state index in [0.29, 0.717) is 12.8 Å². The SMILES string of the molecule is CCCC1(O)CN(C(=O)c2c(F)c(F)c(F)c(F)c2F)C1. The predicted octanol–water partition coefficient (Wildman–Crippen LogP) is 2.37. The van der Waals surface area contributed by atoms with Crippen molar-refractivity contribution in [3.63, 3.8) is 0 Å². The zero-order valence-electron chi connectivity index (χ0n) is 11.0. The van der Waals surface area contributed by atoms with Gasteiger partial charge in [0.05, 0.1) is 18.7 Å². The van der Waals surface area contributed by atoms with E-state index in [1.54, 1.807) is 6.92 Å². The van der Waals surface area contributed by atoms with Crippen molar-refractivity contribution in [2.45, 2.75) is 25.4 Å². The third kappa shape index (κ3) is 2.48. The van der Waals surface area contributed by atoms with Crippen molar-refractivity contribution in [2.24, 2.45) is 0 Å². The molecule has 1 aromatic rings. The van der Waals surface area contributed by atoms with Crippen LogP contribution in [-0.2, 0) is 0 Å². The summed E-state index contributed by atoms with van der Waals surface area (Å²) < 4.78 is 65.9. The van der Waals surface area contributed by atoms with E-state index in [-0.39, 0.29) is 13.1 Å². The molecular weight excluding hydrogens is 297 g/mol. The fraction of sp³-hybridized carbons (Fsp3) is 0.462. The molecule has 0 aliphatic carbocycles. The van der Waals surface area contributed by atoms with Gasteiger partial charge in [-0.15, -0.1) is 0 Å². The summed E-state index contributed by atoms with van der Waals surface area (Å²) >= 11 is 0. The topological polar surface area (TPSA) is 40.5 Å². The number of likely N-dealkylation sites (tertiary alicyclic amines) is 1. The Hall–Kier alpha value is -1.70. The van der Waals surface area contributed by atoms with Gasteiger partial charge in [0.15, 0.2) is 23.3 Å². The lowest BCUT2D eigenvalue weighted by molar-refractivity contribution is -0.0863. The summed E-state index contributed by atoms with van der Waals surface area (Å²) in [5.74, 6) is -12.3. The second-order valence-corrected chi connectivity index (χ2v) is 5.08. The van der Waals surface area contributed by atoms with Crippen LogP contribution in [0.5, 0.6) is 0 Å². The van der Waals surface area contributed by atoms with Crippen molar-refractivity contribution in [3.05, 3.63) is 34.6 Å². The summed E-state index contributed by atoms with van der Waals surface area (Å²) in [5, 5.41) is 9.88. The highest BCUT2D eigenvalue weighted by molar-refractivity contribution is 5.95. The van der Waals surface area contributed by atoms with E-state index in [0.717, 1.165) is 4.90 Å². The van der Waals surface area contributed by atoms with Crippen LogP contribution in [0.25, 0.3) is 0 Å². The van der Waals surface area contributed by atoms with Crippen LogP contribution in [0.15, 0.2) is 0 Å². The minimum atomic E-state index is -2.31. The summed E-state index contributed by atoms with van der Waals surface area (Å²) in [4.78, 5) is 12.7. The fourth-order valence-corrected chi connectivity index (χ4v) is 2.38. The molecule has 0 spiro atoms. The van der Waals surface area contributed by atoms with E-state index in [1.165, 1.54) is 0 Å². The number of hydrogen-bond acceptors (Lipinski definition) is 2. The molecule has 1 fully saturated rings. The fourth-order valence-electron chi connectivity index (χ4n) is 2.38. The molecular formula is C13H12F5NO2. The molecule has 1 N–H and O–H groups in total. The Labute approximate surface area is 117 Å². The number of carbonyl (C=O) groups is 1. The summed E-state index contributed by atoms with van der Waals surface area (Å²) in [5.41, 5.74) is -2.67. The number of β-amino-alcohol motifs (C(OH)–C–C–N with tert-alkyl or cyclic N) is 1. The molecule has 1 aliphatic rings. The Morgan fingerprint density at radius 3 is 1.90 bits per heavy atom. The van der Waals surface area contributed by atoms with E-state index in [2.05, 4.69) is 0 Å². The molecule has 1 amide bonds. The maximum absolute atomic E-state index is 13.5. The Balaban J connectivity index is 2.30. The molecule has 8 heteroatoms. The van der Waals surface area contributed by atoms with E-state index < -0.39 is 46.2 Å². The minimum Gasteiger partial charge on any atom is -0.386 e. The molecule has 0 atom stereocenters. The average molecular weight is 309 g/mol. The number of benzene rings is 1. The largest absolute Gasteiger partial charge is 0.386 e. The van der Waals surface area contributed by atoms with Gasteiger partial charge in [0.1, 0.15) is 5.56 Å². The first-order valence-corrected chi connectivity index (χ1v) is 6.25. The third-order valence-electron chi connectivity index (χ3n) is 3.40. The predicted molar refractivity (Wildman–Crippen MR) is 62.0 cm³/mol. The summed E-state index contributed by atoms with van der Waals surface area (Å²) in [7, 11) is 0. The van der Waals surface area contributed by atoms with Gasteiger partial charge in [0.25, 0.3) is 5.91 Å². The number of amides is 1. The lowest BCUT2D eigenvalue weighted by Crippen LogP contribution is -2.63. The van der Waals surface area contributed by atoms with Gasteiger partial charge in [-0.05, 0) is 6.42 Å². The first-order valence-electron chi connectivity index (χ1n) is 6.25. The minimum absolute atomic E-state index is 0.209. The van der Waals surface area contributed by atoms with Crippen LogP contribution < -0.4 is 0 Å². The summed E-state index contributed by atoms with van der Waals surface area (Å²) in [6.07, 6.45) is 0.995. The average Bonchev–Trinajstić information content (AvgIpc) is 2.40. The van der Waals surface area contributed by atoms with Gasteiger partial charge >= 0.3 is 0 Å². The molecule has 0 bridgehead atoms. The zero-order valence-corrected chi connectivity index (χ0v) is 11.0. The van der Waals surface area contributed by atoms with Crippen LogP contribution >= 0.6 is 0 Å². The van der Waals surface area contributed by atoms with Gasteiger partial charge in [-0.25, -0.2) is 22.0 Å². The smallest absolute Gasteiger partial charge is 0.260 e. The van der Waals surface area contributed by atoms with Gasteiger partial charge in [-0.3, -0.25) is 4.79 Å². The van der Waals surface area contributed by atoms with Gasteiger partial charge < -0.3 is 10.0 Å². The number of aliphatic hydroxyl groups is 1. The Kier molecular flexibility index (Phi) is 3.92. The second-order valence-electron chi connectivity index (χ2n) is 5.08. The van der Waals surface area contributed by atoms with Crippen molar-refractivity contribution in [1.82, 2.24) is 4.90 Å². The molecule has 1 saturated heterocycles. The number of hydrogen-bond donors (Lipinski definition) is 1. The molecule has 0 saturated carbocycles. The van der Waals surface area contributed by atoms with Crippen molar-refractivity contribution < 1.29 is 31.9 Å². The number of nitrogens with zero attached hydrogens (tertiary/aromatic N) is 1. The van der Waals surface area contributed by atoms with E-state index in [4.69, 9.17) is 0 Å². The number of carbonyl (C=O) groups excluding carboxylic acids is 1. The Bertz CT molecular complexity index is 570. The monoisotopic (exact) mass is 309 g/mol. The van der Waals surface area contributed by atoms with Crippen LogP contribution in [0.2, 0.25) is 0 Å². The lowest BCUT2D eigenvalue weighted by atomic mass is 9.88. The van der Waals surface area contributed by atoms with Crippen LogP contribution in [0.3, 0.4) is 0 Å². The zero-order chi connectivity index (χ0) is 15.9. The maximum Gasteiger partial charge on any atom is 0.260 e. The first-order chi connectivity index (χ1) is 9.72. The lowest BCUT2D eigenvalue weighted by Gasteiger charge is -2.46. The highest BCUT2D eigenvalue weighted by Gasteiger charge is 2.45. The molecule has 3 nitrogen and oxygen atoms in total. The summed E-state index contributed by atoms with van der Waals surface area (Å²) in [6, 6.07) is 0. The molecule has 0 radical (unpaired) electrons. The molecule has 0 aromatic heterocycles. The molecule has 0 unspecified atom stereocenters. The van der Waals surface area contributed by atoms with Gasteiger partial charge in [0, 0.05) is 0 Å². The second kappa shape index (κ2) is 5.25. The molecule has 116 valence electrons. The molecule has 1 heterocycles. The van der Waals surface area contributed by atoms with Crippen LogP contribution in [-0.4, -0.2) is 34.6 Å². The van der Waals surface area contributed by atoms with Gasteiger partial charge in [-0.2, -0.15) is 0 Å². The Morgan fingerprint density at radius 2 is 1.48 bits per heavy atom. The molecule has 2 rings (SSSR count). The van der Waals surface area contributed by atoms with E-state index in [9.17, 15) is 31.9 Å². The first kappa shape index (κ1) is 15.7. The van der Waals surface area contributed by atoms with Crippen molar-refractivity contribution in [1.29, 1.82) is 0 Å². The van der Waals surface area contributed by atoms with Crippen LogP contribution in [0.1, 0.15) is 30.1 Å². The molecule has 21 heavy (non-hydrogen) atoms. The molecule has 1 aliphatic heterocycles. The highest BCUT2D eigenvalue weighted by Crippen LogP contribution is 2.30. The standard InChI is InChI=1S/C13H12F5NO2/c1-2-3-13(21)4-19(5-13)12(20)6-7(14)9(16)11(18)10(17)8(6)15/h21H,2-5H2,1H3. The van der Waals surface area contributed by atoms with Crippen molar-refractivity contribution in [2.75, 3.05) is 13.1 Å². The van der Waals surface area contributed by atoms with Crippen molar-refractivity contribution >= 4 is 5.91 Å². The number of rotatable bonds is 3. The van der Waals surface area contributed by atoms with Gasteiger partial charge in [-0.1, -0.05) is 13.3 Å².